The Hall–Kier alpha value is -0.810. The minimum Gasteiger partial charge on any atom is -0.395 e. The molecule has 0 aromatic carbocycles. The van der Waals surface area contributed by atoms with Gasteiger partial charge < -0.3 is 15.3 Å². The maximum absolute atomic E-state index is 12.0. The zero-order valence-electron chi connectivity index (χ0n) is 11.2. The van der Waals surface area contributed by atoms with Crippen molar-refractivity contribution in [1.29, 1.82) is 0 Å². The molecule has 2 amide bonds. The lowest BCUT2D eigenvalue weighted by atomic mass is 10.1. The summed E-state index contributed by atoms with van der Waals surface area (Å²) in [6, 6.07) is 0.0170. The SMILES string of the molecule is CC(C)(C)NC(=O)N1CCCN(CCO)CC1. The van der Waals surface area contributed by atoms with E-state index in [0.29, 0.717) is 6.54 Å². The Morgan fingerprint density at radius 3 is 2.53 bits per heavy atom. The Morgan fingerprint density at radius 2 is 1.94 bits per heavy atom. The molecule has 0 aromatic heterocycles. The standard InChI is InChI=1S/C12H25N3O2/c1-12(2,3)13-11(17)15-6-4-5-14(7-8-15)9-10-16/h16H,4-10H2,1-3H3,(H,13,17). The molecule has 0 unspecified atom stereocenters. The molecule has 0 spiro atoms. The topological polar surface area (TPSA) is 55.8 Å². The average molecular weight is 243 g/mol. The number of nitrogens with zero attached hydrogens (tertiary/aromatic N) is 2. The largest absolute Gasteiger partial charge is 0.395 e. The molecule has 5 heteroatoms. The van der Waals surface area contributed by atoms with Gasteiger partial charge in [0.15, 0.2) is 0 Å². The molecule has 100 valence electrons. The number of β-amino-alcohol motifs (C(OH)–C–C–N with tert-alkyl or cyclic N) is 1. The van der Waals surface area contributed by atoms with Gasteiger partial charge in [-0.05, 0) is 33.7 Å². The highest BCUT2D eigenvalue weighted by molar-refractivity contribution is 5.74. The van der Waals surface area contributed by atoms with Crippen LogP contribution in [0.15, 0.2) is 0 Å². The lowest BCUT2D eigenvalue weighted by molar-refractivity contribution is 0.183. The fourth-order valence-corrected chi connectivity index (χ4v) is 1.94. The van der Waals surface area contributed by atoms with Gasteiger partial charge in [-0.25, -0.2) is 4.79 Å². The first kappa shape index (κ1) is 14.3. The first-order chi connectivity index (χ1) is 7.92. The van der Waals surface area contributed by atoms with Gasteiger partial charge in [0.2, 0.25) is 0 Å². The summed E-state index contributed by atoms with van der Waals surface area (Å²) in [4.78, 5) is 16.0. The Kier molecular flexibility index (Phi) is 5.21. The molecule has 17 heavy (non-hydrogen) atoms. The molecular formula is C12H25N3O2. The number of hydrogen-bond donors (Lipinski definition) is 2. The van der Waals surface area contributed by atoms with Crippen molar-refractivity contribution < 1.29 is 9.90 Å². The summed E-state index contributed by atoms with van der Waals surface area (Å²) >= 11 is 0. The highest BCUT2D eigenvalue weighted by atomic mass is 16.3. The second-order valence-electron chi connectivity index (χ2n) is 5.59. The average Bonchev–Trinajstić information content (AvgIpc) is 2.41. The molecule has 0 radical (unpaired) electrons. The third-order valence-electron chi connectivity index (χ3n) is 2.77. The zero-order valence-corrected chi connectivity index (χ0v) is 11.2. The second kappa shape index (κ2) is 6.21. The Labute approximate surface area is 104 Å². The van der Waals surface area contributed by atoms with Crippen LogP contribution in [-0.4, -0.2) is 65.8 Å². The van der Waals surface area contributed by atoms with E-state index in [0.717, 1.165) is 32.6 Å². The molecule has 0 aliphatic carbocycles. The molecule has 1 aliphatic rings. The zero-order chi connectivity index (χ0) is 12.9. The molecule has 0 saturated carbocycles. The molecule has 1 heterocycles. The van der Waals surface area contributed by atoms with Crippen LogP contribution in [0.3, 0.4) is 0 Å². The molecule has 0 aromatic rings. The van der Waals surface area contributed by atoms with Crippen LogP contribution >= 0.6 is 0 Å². The summed E-state index contributed by atoms with van der Waals surface area (Å²) < 4.78 is 0. The highest BCUT2D eigenvalue weighted by Gasteiger charge is 2.22. The van der Waals surface area contributed by atoms with E-state index >= 15 is 0 Å². The van der Waals surface area contributed by atoms with E-state index in [-0.39, 0.29) is 18.2 Å². The van der Waals surface area contributed by atoms with Gasteiger partial charge in [0.1, 0.15) is 0 Å². The fourth-order valence-electron chi connectivity index (χ4n) is 1.94. The molecule has 5 nitrogen and oxygen atoms in total. The van der Waals surface area contributed by atoms with E-state index in [1.807, 2.05) is 25.7 Å². The maximum Gasteiger partial charge on any atom is 0.317 e. The van der Waals surface area contributed by atoms with E-state index < -0.39 is 0 Å². The van der Waals surface area contributed by atoms with Crippen molar-refractivity contribution in [3.8, 4) is 0 Å². The number of urea groups is 1. The Morgan fingerprint density at radius 1 is 1.24 bits per heavy atom. The Balaban J connectivity index is 2.43. The molecule has 0 atom stereocenters. The van der Waals surface area contributed by atoms with E-state index in [9.17, 15) is 4.79 Å². The molecule has 1 aliphatic heterocycles. The second-order valence-corrected chi connectivity index (χ2v) is 5.59. The molecule has 0 bridgehead atoms. The van der Waals surface area contributed by atoms with Gasteiger partial charge in [-0.15, -0.1) is 0 Å². The molecule has 1 rings (SSSR count). The van der Waals surface area contributed by atoms with Crippen molar-refractivity contribution in [3.05, 3.63) is 0 Å². The molecule has 1 saturated heterocycles. The fraction of sp³-hybridized carbons (Fsp3) is 0.917. The van der Waals surface area contributed by atoms with E-state index in [2.05, 4.69) is 10.2 Å². The lowest BCUT2D eigenvalue weighted by Crippen LogP contribution is -2.49. The first-order valence-corrected chi connectivity index (χ1v) is 6.33. The predicted molar refractivity (Wildman–Crippen MR) is 68.0 cm³/mol. The summed E-state index contributed by atoms with van der Waals surface area (Å²) in [6.07, 6.45) is 0.970. The van der Waals surface area contributed by atoms with E-state index in [1.165, 1.54) is 0 Å². The number of aliphatic hydroxyl groups is 1. The van der Waals surface area contributed by atoms with Crippen LogP contribution in [0.4, 0.5) is 4.79 Å². The van der Waals surface area contributed by atoms with Crippen LogP contribution < -0.4 is 5.32 Å². The summed E-state index contributed by atoms with van der Waals surface area (Å²) in [5.41, 5.74) is -0.186. The van der Waals surface area contributed by atoms with E-state index in [4.69, 9.17) is 5.11 Å². The van der Waals surface area contributed by atoms with Crippen molar-refractivity contribution >= 4 is 6.03 Å². The number of carbonyl (C=O) groups is 1. The van der Waals surface area contributed by atoms with Crippen molar-refractivity contribution in [2.45, 2.75) is 32.7 Å². The van der Waals surface area contributed by atoms with Crippen LogP contribution in [-0.2, 0) is 0 Å². The Bertz CT molecular complexity index is 251. The monoisotopic (exact) mass is 243 g/mol. The predicted octanol–water partition coefficient (Wildman–Crippen LogP) is 0.495. The van der Waals surface area contributed by atoms with Crippen molar-refractivity contribution in [2.75, 3.05) is 39.3 Å². The first-order valence-electron chi connectivity index (χ1n) is 6.33. The van der Waals surface area contributed by atoms with Gasteiger partial charge in [-0.3, -0.25) is 4.90 Å². The minimum atomic E-state index is -0.186. The molecule has 2 N–H and O–H groups in total. The van der Waals surface area contributed by atoms with Gasteiger partial charge in [-0.1, -0.05) is 0 Å². The molecule has 1 fully saturated rings. The van der Waals surface area contributed by atoms with Crippen molar-refractivity contribution in [1.82, 2.24) is 15.1 Å². The van der Waals surface area contributed by atoms with E-state index in [1.54, 1.807) is 0 Å². The lowest BCUT2D eigenvalue weighted by Gasteiger charge is -2.27. The van der Waals surface area contributed by atoms with Crippen LogP contribution in [0.2, 0.25) is 0 Å². The summed E-state index contributed by atoms with van der Waals surface area (Å²) in [7, 11) is 0. The summed E-state index contributed by atoms with van der Waals surface area (Å²) in [6.45, 7) is 10.2. The maximum atomic E-state index is 12.0. The quantitative estimate of drug-likeness (QED) is 0.742. The highest BCUT2D eigenvalue weighted by Crippen LogP contribution is 2.06. The van der Waals surface area contributed by atoms with Crippen molar-refractivity contribution in [3.63, 3.8) is 0 Å². The number of nitrogens with one attached hydrogen (secondary N) is 1. The number of amides is 2. The van der Waals surface area contributed by atoms with Crippen LogP contribution in [0.1, 0.15) is 27.2 Å². The molecular weight excluding hydrogens is 218 g/mol. The summed E-state index contributed by atoms with van der Waals surface area (Å²) in [5.74, 6) is 0. The van der Waals surface area contributed by atoms with Gasteiger partial charge >= 0.3 is 6.03 Å². The van der Waals surface area contributed by atoms with Crippen LogP contribution in [0.5, 0.6) is 0 Å². The number of carbonyl (C=O) groups excluding carboxylic acids is 1. The van der Waals surface area contributed by atoms with Crippen LogP contribution in [0.25, 0.3) is 0 Å². The van der Waals surface area contributed by atoms with Gasteiger partial charge in [-0.2, -0.15) is 0 Å². The van der Waals surface area contributed by atoms with Crippen molar-refractivity contribution in [2.24, 2.45) is 0 Å². The number of aliphatic hydroxyl groups excluding tert-OH is 1. The van der Waals surface area contributed by atoms with Gasteiger partial charge in [0, 0.05) is 31.7 Å². The third kappa shape index (κ3) is 5.37. The summed E-state index contributed by atoms with van der Waals surface area (Å²) in [5, 5.41) is 11.9. The minimum absolute atomic E-state index is 0.0170. The van der Waals surface area contributed by atoms with Gasteiger partial charge in [0.05, 0.1) is 6.61 Å². The van der Waals surface area contributed by atoms with Gasteiger partial charge in [0.25, 0.3) is 0 Å². The number of hydrogen-bond acceptors (Lipinski definition) is 3. The van der Waals surface area contributed by atoms with Crippen LogP contribution in [0, 0.1) is 0 Å². The smallest absolute Gasteiger partial charge is 0.317 e. The normalized spacial score (nSPS) is 18.9. The third-order valence-corrected chi connectivity index (χ3v) is 2.77. The number of rotatable bonds is 2.